The minimum Gasteiger partial charge on any atom is -0.465 e. The summed E-state index contributed by atoms with van der Waals surface area (Å²) in [4.78, 5) is 11.4. The summed E-state index contributed by atoms with van der Waals surface area (Å²) in [7, 11) is -2.21. The molecule has 1 aromatic rings. The Bertz CT molecular complexity index is 575. The van der Waals surface area contributed by atoms with Gasteiger partial charge in [-0.1, -0.05) is 24.3 Å². The lowest BCUT2D eigenvalue weighted by atomic mass is 10.1. The molecule has 0 aliphatic heterocycles. The van der Waals surface area contributed by atoms with E-state index in [1.807, 2.05) is 0 Å². The van der Waals surface area contributed by atoms with E-state index in [-0.39, 0.29) is 21.0 Å². The second-order valence-electron chi connectivity index (χ2n) is 3.31. The monoisotopic (exact) mass is 274 g/mol. The van der Waals surface area contributed by atoms with Crippen LogP contribution in [0, 0.1) is 0 Å². The molecule has 0 saturated carbocycles. The van der Waals surface area contributed by atoms with E-state index in [4.69, 9.17) is 11.6 Å². The smallest absolute Gasteiger partial charge is 0.339 e. The van der Waals surface area contributed by atoms with Crippen molar-refractivity contribution < 1.29 is 17.9 Å². The minimum absolute atomic E-state index is 0.0229. The normalized spacial score (nSPS) is 11.0. The number of hydrogen-bond acceptors (Lipinski definition) is 4. The highest BCUT2D eigenvalue weighted by atomic mass is 35.5. The fraction of sp³-hybridized carbons (Fsp3) is 0.182. The number of rotatable bonds is 3. The number of methoxy groups -OCH3 is 1. The van der Waals surface area contributed by atoms with Gasteiger partial charge in [-0.2, -0.15) is 0 Å². The Morgan fingerprint density at radius 3 is 2.47 bits per heavy atom. The number of benzene rings is 1. The van der Waals surface area contributed by atoms with Crippen LogP contribution in [0.25, 0.3) is 6.08 Å². The Kier molecular flexibility index (Phi) is 3.95. The Hall–Kier alpha value is -1.33. The van der Waals surface area contributed by atoms with Crippen LogP contribution in [0.15, 0.2) is 23.6 Å². The number of sulfone groups is 1. The molecular formula is C11H11ClO4S. The zero-order valence-electron chi connectivity index (χ0n) is 9.36. The lowest BCUT2D eigenvalue weighted by Crippen LogP contribution is -2.07. The van der Waals surface area contributed by atoms with Crippen LogP contribution >= 0.6 is 11.6 Å². The molecule has 0 spiro atoms. The minimum atomic E-state index is -3.43. The summed E-state index contributed by atoms with van der Waals surface area (Å²) in [5.74, 6) is -0.627. The van der Waals surface area contributed by atoms with E-state index in [9.17, 15) is 13.2 Å². The van der Waals surface area contributed by atoms with Crippen molar-refractivity contribution in [2.75, 3.05) is 13.4 Å². The fourth-order valence-corrected chi connectivity index (χ4v) is 2.63. The molecule has 17 heavy (non-hydrogen) atoms. The van der Waals surface area contributed by atoms with Gasteiger partial charge in [0.2, 0.25) is 0 Å². The number of hydrogen-bond donors (Lipinski definition) is 0. The average Bonchev–Trinajstić information content (AvgIpc) is 2.26. The topological polar surface area (TPSA) is 60.4 Å². The highest BCUT2D eigenvalue weighted by Crippen LogP contribution is 2.29. The zero-order valence-corrected chi connectivity index (χ0v) is 10.9. The van der Waals surface area contributed by atoms with E-state index in [1.54, 1.807) is 0 Å². The molecule has 0 saturated heterocycles. The molecule has 1 aromatic carbocycles. The molecule has 92 valence electrons. The third kappa shape index (κ3) is 2.68. The molecule has 0 N–H and O–H groups in total. The molecule has 0 aromatic heterocycles. The lowest BCUT2D eigenvalue weighted by Gasteiger charge is -2.09. The lowest BCUT2D eigenvalue weighted by molar-refractivity contribution is 0.0601. The summed E-state index contributed by atoms with van der Waals surface area (Å²) < 4.78 is 27.5. The Morgan fingerprint density at radius 2 is 2.06 bits per heavy atom. The summed E-state index contributed by atoms with van der Waals surface area (Å²) in [5, 5.41) is 0.0229. The third-order valence-electron chi connectivity index (χ3n) is 2.15. The van der Waals surface area contributed by atoms with Gasteiger partial charge in [0.1, 0.15) is 0 Å². The first kappa shape index (κ1) is 13.7. The highest BCUT2D eigenvalue weighted by Gasteiger charge is 2.20. The SMILES string of the molecule is C=Cc1c(S(C)(=O)=O)ccc(C(=O)OC)c1Cl. The molecule has 0 aliphatic rings. The van der Waals surface area contributed by atoms with E-state index in [2.05, 4.69) is 11.3 Å². The Balaban J connectivity index is 3.59. The van der Waals surface area contributed by atoms with Gasteiger partial charge in [0, 0.05) is 11.8 Å². The van der Waals surface area contributed by atoms with E-state index in [0.717, 1.165) is 6.26 Å². The highest BCUT2D eigenvalue weighted by molar-refractivity contribution is 7.90. The van der Waals surface area contributed by atoms with E-state index >= 15 is 0 Å². The van der Waals surface area contributed by atoms with Crippen LogP contribution < -0.4 is 0 Å². The molecule has 0 atom stereocenters. The van der Waals surface area contributed by atoms with Crippen molar-refractivity contribution >= 4 is 33.5 Å². The van der Waals surface area contributed by atoms with Crippen molar-refractivity contribution in [1.82, 2.24) is 0 Å². The average molecular weight is 275 g/mol. The van der Waals surface area contributed by atoms with Gasteiger partial charge in [0.15, 0.2) is 9.84 Å². The number of carbonyl (C=O) groups excluding carboxylic acids is 1. The van der Waals surface area contributed by atoms with Crippen molar-refractivity contribution in [3.05, 3.63) is 34.9 Å². The van der Waals surface area contributed by atoms with Gasteiger partial charge in [-0.15, -0.1) is 0 Å². The summed E-state index contributed by atoms with van der Waals surface area (Å²) in [6.45, 7) is 3.49. The second kappa shape index (κ2) is 4.89. The maximum absolute atomic E-state index is 11.5. The van der Waals surface area contributed by atoms with Gasteiger partial charge in [-0.25, -0.2) is 13.2 Å². The standard InChI is InChI=1S/C11H11ClO4S/c1-4-7-9(17(3,14)15)6-5-8(10(7)12)11(13)16-2/h4-6H,1H2,2-3H3. The largest absolute Gasteiger partial charge is 0.465 e. The van der Waals surface area contributed by atoms with Crippen LogP contribution in [-0.2, 0) is 14.6 Å². The second-order valence-corrected chi connectivity index (χ2v) is 5.67. The first-order valence-electron chi connectivity index (χ1n) is 4.56. The van der Waals surface area contributed by atoms with Crippen LogP contribution in [-0.4, -0.2) is 27.8 Å². The number of esters is 1. The molecule has 1 rings (SSSR count). The van der Waals surface area contributed by atoms with Crippen LogP contribution in [0.1, 0.15) is 15.9 Å². The van der Waals surface area contributed by atoms with Gasteiger partial charge < -0.3 is 4.74 Å². The van der Waals surface area contributed by atoms with Crippen molar-refractivity contribution in [3.63, 3.8) is 0 Å². The molecular weight excluding hydrogens is 264 g/mol. The maximum atomic E-state index is 11.5. The molecule has 0 fully saturated rings. The molecule has 0 bridgehead atoms. The van der Waals surface area contributed by atoms with Crippen molar-refractivity contribution in [3.8, 4) is 0 Å². The molecule has 0 radical (unpaired) electrons. The summed E-state index contributed by atoms with van der Waals surface area (Å²) in [6.07, 6.45) is 2.36. The van der Waals surface area contributed by atoms with Crippen LogP contribution in [0.3, 0.4) is 0 Å². The van der Waals surface area contributed by atoms with Crippen LogP contribution in [0.4, 0.5) is 0 Å². The molecule has 0 amide bonds. The maximum Gasteiger partial charge on any atom is 0.339 e. The molecule has 0 unspecified atom stereocenters. The first-order valence-corrected chi connectivity index (χ1v) is 6.83. The van der Waals surface area contributed by atoms with Crippen molar-refractivity contribution in [1.29, 1.82) is 0 Å². The number of carbonyl (C=O) groups is 1. The van der Waals surface area contributed by atoms with Gasteiger partial charge in [-0.05, 0) is 12.1 Å². The number of ether oxygens (including phenoxy) is 1. The summed E-state index contributed by atoms with van der Waals surface area (Å²) in [5.41, 5.74) is 0.313. The molecule has 6 heteroatoms. The van der Waals surface area contributed by atoms with E-state index in [1.165, 1.54) is 25.3 Å². The molecule has 0 aliphatic carbocycles. The van der Waals surface area contributed by atoms with Gasteiger partial charge in [0.25, 0.3) is 0 Å². The number of halogens is 1. The molecule has 4 nitrogen and oxygen atoms in total. The van der Waals surface area contributed by atoms with Crippen molar-refractivity contribution in [2.24, 2.45) is 0 Å². The molecule has 0 heterocycles. The summed E-state index contributed by atoms with van der Waals surface area (Å²) in [6, 6.07) is 2.63. The van der Waals surface area contributed by atoms with Crippen molar-refractivity contribution in [2.45, 2.75) is 4.90 Å². The van der Waals surface area contributed by atoms with Crippen LogP contribution in [0.2, 0.25) is 5.02 Å². The summed E-state index contributed by atoms with van der Waals surface area (Å²) >= 11 is 5.96. The van der Waals surface area contributed by atoms with E-state index in [0.29, 0.717) is 0 Å². The fourth-order valence-electron chi connectivity index (χ4n) is 1.36. The zero-order chi connectivity index (χ0) is 13.2. The van der Waals surface area contributed by atoms with Crippen LogP contribution in [0.5, 0.6) is 0 Å². The first-order chi connectivity index (χ1) is 7.82. The Labute approximate surface area is 105 Å². The predicted octanol–water partition coefficient (Wildman–Crippen LogP) is 2.17. The van der Waals surface area contributed by atoms with Gasteiger partial charge in [-0.3, -0.25) is 0 Å². The van der Waals surface area contributed by atoms with Gasteiger partial charge in [0.05, 0.1) is 22.6 Å². The van der Waals surface area contributed by atoms with E-state index < -0.39 is 15.8 Å². The Morgan fingerprint density at radius 1 is 1.47 bits per heavy atom. The quantitative estimate of drug-likeness (QED) is 0.793. The predicted molar refractivity (Wildman–Crippen MR) is 66.0 cm³/mol. The third-order valence-corrected chi connectivity index (χ3v) is 3.71. The van der Waals surface area contributed by atoms with Gasteiger partial charge >= 0.3 is 5.97 Å².